The predicted molar refractivity (Wildman–Crippen MR) is 107 cm³/mol. The van der Waals surface area contributed by atoms with Crippen LogP contribution in [0.15, 0.2) is 16.5 Å². The average molecular weight is 410 g/mol. The summed E-state index contributed by atoms with van der Waals surface area (Å²) in [7, 11) is 0. The Hall–Kier alpha value is -1.70. The molecule has 6 nitrogen and oxygen atoms in total. The van der Waals surface area contributed by atoms with E-state index in [1.54, 1.807) is 6.07 Å². The summed E-state index contributed by atoms with van der Waals surface area (Å²) in [4.78, 5) is 32.2. The lowest BCUT2D eigenvalue weighted by Gasteiger charge is -2.26. The van der Waals surface area contributed by atoms with E-state index in [4.69, 9.17) is 4.42 Å². The van der Waals surface area contributed by atoms with E-state index >= 15 is 0 Å². The van der Waals surface area contributed by atoms with Crippen molar-refractivity contribution >= 4 is 40.6 Å². The lowest BCUT2D eigenvalue weighted by molar-refractivity contribution is 0.0915. The molecule has 27 heavy (non-hydrogen) atoms. The molecule has 0 radical (unpaired) electrons. The smallest absolute Gasteiger partial charge is 0.293 e. The molecule has 4 rings (SSSR count). The molecule has 0 aromatic carbocycles. The lowest BCUT2D eigenvalue weighted by atomic mass is 9.78. The number of thiazole rings is 1. The Morgan fingerprint density at radius 2 is 2.04 bits per heavy atom. The van der Waals surface area contributed by atoms with Crippen LogP contribution < -0.4 is 5.32 Å². The van der Waals surface area contributed by atoms with Gasteiger partial charge in [-0.3, -0.25) is 19.8 Å². The van der Waals surface area contributed by atoms with Gasteiger partial charge in [0.15, 0.2) is 16.7 Å². The van der Waals surface area contributed by atoms with Crippen LogP contribution in [0.5, 0.6) is 0 Å². The maximum atomic E-state index is 12.4. The Labute approximate surface area is 168 Å². The van der Waals surface area contributed by atoms with Crippen molar-refractivity contribution in [2.24, 2.45) is 5.41 Å². The first-order valence-electron chi connectivity index (χ1n) is 9.05. The van der Waals surface area contributed by atoms with Crippen LogP contribution in [-0.4, -0.2) is 34.7 Å². The summed E-state index contributed by atoms with van der Waals surface area (Å²) in [5.74, 6) is 0.863. The Balaban J connectivity index is 0.00000210. The molecule has 146 valence electrons. The topological polar surface area (TPSA) is 75.4 Å². The van der Waals surface area contributed by atoms with E-state index in [0.717, 1.165) is 37.5 Å². The first-order valence-corrected chi connectivity index (χ1v) is 9.87. The molecule has 0 bridgehead atoms. The summed E-state index contributed by atoms with van der Waals surface area (Å²) in [6, 6.07) is 3.55. The minimum atomic E-state index is -0.324. The maximum Gasteiger partial charge on any atom is 0.293 e. The van der Waals surface area contributed by atoms with E-state index in [0.29, 0.717) is 16.4 Å². The monoisotopic (exact) mass is 409 g/mol. The van der Waals surface area contributed by atoms with Gasteiger partial charge in [-0.15, -0.1) is 12.4 Å². The maximum absolute atomic E-state index is 12.4. The fraction of sp³-hybridized carbons (Fsp3) is 0.526. The highest BCUT2D eigenvalue weighted by atomic mass is 35.5. The predicted octanol–water partition coefficient (Wildman–Crippen LogP) is 4.16. The number of carbonyl (C=O) groups is 2. The molecule has 2 aromatic heterocycles. The van der Waals surface area contributed by atoms with Gasteiger partial charge >= 0.3 is 0 Å². The summed E-state index contributed by atoms with van der Waals surface area (Å²) in [5, 5.41) is 3.24. The van der Waals surface area contributed by atoms with Crippen LogP contribution >= 0.6 is 23.7 Å². The van der Waals surface area contributed by atoms with Gasteiger partial charge in [0.1, 0.15) is 5.76 Å². The van der Waals surface area contributed by atoms with E-state index in [9.17, 15) is 9.59 Å². The number of anilines is 1. The van der Waals surface area contributed by atoms with Gasteiger partial charge in [0.25, 0.3) is 5.91 Å². The summed E-state index contributed by atoms with van der Waals surface area (Å²) in [6.45, 7) is 7.03. The molecule has 0 unspecified atom stereocenters. The molecule has 3 heterocycles. The number of nitrogens with one attached hydrogen (secondary N) is 1. The number of Topliss-reactive ketones (excluding diaryl/α,β-unsaturated/α-hetero) is 1. The Bertz CT molecular complexity index is 852. The molecule has 1 N–H and O–H groups in total. The number of ketones is 1. The number of hydrogen-bond donors (Lipinski definition) is 1. The number of nitrogens with zero attached hydrogens (tertiary/aromatic N) is 2. The third-order valence-corrected chi connectivity index (χ3v) is 5.97. The summed E-state index contributed by atoms with van der Waals surface area (Å²) in [5.41, 5.74) is 0.714. The zero-order chi connectivity index (χ0) is 18.3. The number of halogens is 1. The number of hydrogen-bond acceptors (Lipinski definition) is 6. The zero-order valence-corrected chi connectivity index (χ0v) is 17.2. The minimum absolute atomic E-state index is 0. The first-order chi connectivity index (χ1) is 12.4. The third kappa shape index (κ3) is 4.42. The number of furan rings is 1. The number of fused-ring (bicyclic) bond motifs is 1. The van der Waals surface area contributed by atoms with Crippen molar-refractivity contribution in [2.75, 3.05) is 18.4 Å². The first kappa shape index (κ1) is 20.0. The largest absolute Gasteiger partial charge is 0.455 e. The number of amides is 1. The molecule has 0 atom stereocenters. The van der Waals surface area contributed by atoms with E-state index in [-0.39, 0.29) is 35.3 Å². The highest BCUT2D eigenvalue weighted by Gasteiger charge is 2.34. The molecule has 2 aromatic rings. The highest BCUT2D eigenvalue weighted by molar-refractivity contribution is 7.17. The van der Waals surface area contributed by atoms with Crippen LogP contribution in [0.1, 0.15) is 64.8 Å². The van der Waals surface area contributed by atoms with Crippen molar-refractivity contribution in [3.05, 3.63) is 34.2 Å². The van der Waals surface area contributed by atoms with Gasteiger partial charge in [0, 0.05) is 6.42 Å². The van der Waals surface area contributed by atoms with Gasteiger partial charge in [-0.25, -0.2) is 4.98 Å². The second kappa shape index (κ2) is 7.73. The van der Waals surface area contributed by atoms with Gasteiger partial charge in [0.2, 0.25) is 0 Å². The third-order valence-electron chi connectivity index (χ3n) is 4.92. The zero-order valence-electron chi connectivity index (χ0n) is 15.5. The fourth-order valence-corrected chi connectivity index (χ4v) is 4.59. The van der Waals surface area contributed by atoms with Gasteiger partial charge in [-0.2, -0.15) is 0 Å². The second-order valence-electron chi connectivity index (χ2n) is 7.94. The Morgan fingerprint density at radius 3 is 2.78 bits per heavy atom. The Kier molecular flexibility index (Phi) is 5.74. The molecule has 2 aliphatic rings. The number of aromatic nitrogens is 1. The van der Waals surface area contributed by atoms with Crippen molar-refractivity contribution < 1.29 is 14.0 Å². The highest BCUT2D eigenvalue weighted by Crippen LogP contribution is 2.38. The molecule has 1 saturated heterocycles. The van der Waals surface area contributed by atoms with E-state index in [1.165, 1.54) is 24.2 Å². The van der Waals surface area contributed by atoms with Gasteiger partial charge in [-0.05, 0) is 49.9 Å². The van der Waals surface area contributed by atoms with Crippen molar-refractivity contribution in [3.63, 3.8) is 0 Å². The van der Waals surface area contributed by atoms with Crippen molar-refractivity contribution in [1.29, 1.82) is 0 Å². The van der Waals surface area contributed by atoms with Crippen LogP contribution in [0.2, 0.25) is 0 Å². The molecule has 8 heteroatoms. The minimum Gasteiger partial charge on any atom is -0.455 e. The second-order valence-corrected chi connectivity index (χ2v) is 8.94. The van der Waals surface area contributed by atoms with Crippen LogP contribution in [-0.2, 0) is 13.0 Å². The molecular weight excluding hydrogens is 386 g/mol. The van der Waals surface area contributed by atoms with Crippen molar-refractivity contribution in [2.45, 2.75) is 46.1 Å². The van der Waals surface area contributed by atoms with Crippen LogP contribution in [0.3, 0.4) is 0 Å². The SMILES string of the molecule is CC1(C)CC(=O)c2sc(NC(=O)c3ccc(CN4CCCC4)o3)nc2C1.Cl. The molecule has 1 aliphatic heterocycles. The summed E-state index contributed by atoms with van der Waals surface area (Å²) < 4.78 is 5.69. The quantitative estimate of drug-likeness (QED) is 0.820. The van der Waals surface area contributed by atoms with E-state index in [1.807, 2.05) is 6.07 Å². The molecule has 1 fully saturated rings. The molecule has 0 spiro atoms. The van der Waals surface area contributed by atoms with Crippen LogP contribution in [0.25, 0.3) is 0 Å². The fourth-order valence-electron chi connectivity index (χ4n) is 3.68. The summed E-state index contributed by atoms with van der Waals surface area (Å²) in [6.07, 6.45) is 3.71. The van der Waals surface area contributed by atoms with Crippen molar-refractivity contribution in [1.82, 2.24) is 9.88 Å². The number of rotatable bonds is 4. The molecule has 1 amide bonds. The molecule has 1 aliphatic carbocycles. The summed E-state index contributed by atoms with van der Waals surface area (Å²) >= 11 is 1.26. The lowest BCUT2D eigenvalue weighted by Crippen LogP contribution is -2.26. The van der Waals surface area contributed by atoms with Gasteiger partial charge < -0.3 is 4.42 Å². The van der Waals surface area contributed by atoms with E-state index < -0.39 is 0 Å². The number of carbonyl (C=O) groups excluding carboxylic acids is 2. The average Bonchev–Trinajstić information content (AvgIpc) is 3.27. The van der Waals surface area contributed by atoms with Gasteiger partial charge in [0.05, 0.1) is 17.1 Å². The van der Waals surface area contributed by atoms with Crippen LogP contribution in [0, 0.1) is 5.41 Å². The Morgan fingerprint density at radius 1 is 1.30 bits per heavy atom. The molecular formula is C19H24ClN3O3S. The van der Waals surface area contributed by atoms with Crippen LogP contribution in [0.4, 0.5) is 5.13 Å². The normalized spacial score (nSPS) is 18.8. The van der Waals surface area contributed by atoms with Crippen molar-refractivity contribution in [3.8, 4) is 0 Å². The van der Waals surface area contributed by atoms with E-state index in [2.05, 4.69) is 29.0 Å². The molecule has 0 saturated carbocycles. The number of likely N-dealkylation sites (tertiary alicyclic amines) is 1. The van der Waals surface area contributed by atoms with Gasteiger partial charge in [-0.1, -0.05) is 25.2 Å². The standard InChI is InChI=1S/C19H23N3O3S.ClH/c1-19(2)9-13-16(14(23)10-19)26-18(20-13)21-17(24)15-6-5-12(25-15)11-22-7-3-4-8-22;/h5-6H,3-4,7-11H2,1-2H3,(H,20,21,24);1H.